The molecule has 160 valence electrons. The lowest BCUT2D eigenvalue weighted by Gasteiger charge is -2.27. The van der Waals surface area contributed by atoms with Crippen LogP contribution in [-0.2, 0) is 10.2 Å². The SMILES string of the molecule is CC(C)CCN(CCC(C)C)S(=O)(=O)NCCCN1CCNCC1.Cl.Cl. The fraction of sp³-hybridized carbons (Fsp3) is 1.00. The van der Waals surface area contributed by atoms with E-state index in [-0.39, 0.29) is 24.8 Å². The lowest BCUT2D eigenvalue weighted by Crippen LogP contribution is -2.45. The fourth-order valence-corrected chi connectivity index (χ4v) is 3.96. The first-order chi connectivity index (χ1) is 11.3. The van der Waals surface area contributed by atoms with Gasteiger partial charge in [0.2, 0.25) is 0 Å². The van der Waals surface area contributed by atoms with Crippen molar-refractivity contribution in [1.82, 2.24) is 19.2 Å². The lowest BCUT2D eigenvalue weighted by atomic mass is 10.1. The van der Waals surface area contributed by atoms with Gasteiger partial charge >= 0.3 is 0 Å². The topological polar surface area (TPSA) is 64.7 Å². The van der Waals surface area contributed by atoms with Crippen molar-refractivity contribution in [1.29, 1.82) is 0 Å². The van der Waals surface area contributed by atoms with Crippen molar-refractivity contribution in [3.63, 3.8) is 0 Å². The number of piperazine rings is 1. The van der Waals surface area contributed by atoms with E-state index >= 15 is 0 Å². The zero-order valence-electron chi connectivity index (χ0n) is 16.9. The van der Waals surface area contributed by atoms with Gasteiger partial charge < -0.3 is 10.2 Å². The molecule has 0 amide bonds. The van der Waals surface area contributed by atoms with E-state index in [9.17, 15) is 8.42 Å². The number of hydrogen-bond donors (Lipinski definition) is 2. The van der Waals surface area contributed by atoms with Crippen LogP contribution in [0, 0.1) is 11.8 Å². The molecule has 0 atom stereocenters. The molecule has 0 radical (unpaired) electrons. The van der Waals surface area contributed by atoms with Gasteiger partial charge in [0.25, 0.3) is 10.2 Å². The van der Waals surface area contributed by atoms with Gasteiger partial charge in [0.15, 0.2) is 0 Å². The molecule has 0 aromatic carbocycles. The molecule has 6 nitrogen and oxygen atoms in total. The van der Waals surface area contributed by atoms with Crippen molar-refractivity contribution in [3.8, 4) is 0 Å². The standard InChI is InChI=1S/C17H38N4O2S.2ClH/c1-16(2)6-12-21(13-7-17(3)4)24(22,23)19-8-5-11-20-14-9-18-10-15-20;;/h16-19H,5-15H2,1-4H3;2*1H. The van der Waals surface area contributed by atoms with Crippen LogP contribution in [0.5, 0.6) is 0 Å². The van der Waals surface area contributed by atoms with Gasteiger partial charge in [0.05, 0.1) is 0 Å². The quantitative estimate of drug-likeness (QED) is 0.462. The Labute approximate surface area is 173 Å². The molecule has 1 fully saturated rings. The van der Waals surface area contributed by atoms with Gasteiger partial charge in [-0.05, 0) is 37.6 Å². The van der Waals surface area contributed by atoms with E-state index in [0.29, 0.717) is 31.5 Å². The van der Waals surface area contributed by atoms with Crippen molar-refractivity contribution in [2.24, 2.45) is 11.8 Å². The van der Waals surface area contributed by atoms with Crippen molar-refractivity contribution in [3.05, 3.63) is 0 Å². The Hall–Kier alpha value is 0.370. The summed E-state index contributed by atoms with van der Waals surface area (Å²) in [6.07, 6.45) is 2.67. The minimum absolute atomic E-state index is 0. The van der Waals surface area contributed by atoms with Crippen LogP contribution in [0.3, 0.4) is 0 Å². The first-order valence-electron chi connectivity index (χ1n) is 9.49. The largest absolute Gasteiger partial charge is 0.314 e. The maximum absolute atomic E-state index is 12.6. The highest BCUT2D eigenvalue weighted by Crippen LogP contribution is 2.10. The summed E-state index contributed by atoms with van der Waals surface area (Å²) in [5, 5.41) is 3.33. The molecule has 9 heteroatoms. The Bertz CT molecular complexity index is 418. The molecular weight excluding hydrogens is 395 g/mol. The van der Waals surface area contributed by atoms with Crippen molar-refractivity contribution in [2.75, 3.05) is 52.4 Å². The Morgan fingerprint density at radius 3 is 1.96 bits per heavy atom. The second-order valence-electron chi connectivity index (χ2n) is 7.61. The Morgan fingerprint density at radius 1 is 1.00 bits per heavy atom. The van der Waals surface area contributed by atoms with Gasteiger partial charge in [-0.25, -0.2) is 4.72 Å². The van der Waals surface area contributed by atoms with E-state index in [2.05, 4.69) is 42.6 Å². The van der Waals surface area contributed by atoms with Gasteiger partial charge in [-0.3, -0.25) is 0 Å². The number of rotatable bonds is 12. The van der Waals surface area contributed by atoms with Crippen molar-refractivity contribution < 1.29 is 8.42 Å². The summed E-state index contributed by atoms with van der Waals surface area (Å²) in [5.41, 5.74) is 0. The third-order valence-electron chi connectivity index (χ3n) is 4.40. The molecule has 0 aromatic heterocycles. The minimum Gasteiger partial charge on any atom is -0.314 e. The summed E-state index contributed by atoms with van der Waals surface area (Å²) in [4.78, 5) is 2.39. The lowest BCUT2D eigenvalue weighted by molar-refractivity contribution is 0.239. The average molecular weight is 436 g/mol. The molecule has 1 heterocycles. The molecule has 1 rings (SSSR count). The van der Waals surface area contributed by atoms with Crippen molar-refractivity contribution >= 4 is 35.0 Å². The van der Waals surface area contributed by atoms with E-state index in [4.69, 9.17) is 0 Å². The predicted molar refractivity (Wildman–Crippen MR) is 116 cm³/mol. The number of nitrogens with one attached hydrogen (secondary N) is 2. The summed E-state index contributed by atoms with van der Waals surface area (Å²) in [6, 6.07) is 0. The number of nitrogens with zero attached hydrogens (tertiary/aromatic N) is 2. The number of halogens is 2. The molecule has 1 saturated heterocycles. The van der Waals surface area contributed by atoms with Gasteiger partial charge in [-0.1, -0.05) is 27.7 Å². The Morgan fingerprint density at radius 2 is 1.50 bits per heavy atom. The third-order valence-corrected chi connectivity index (χ3v) is 6.01. The number of hydrogen-bond acceptors (Lipinski definition) is 4. The maximum atomic E-state index is 12.6. The molecular formula is C17H40Cl2N4O2S. The van der Waals surface area contributed by atoms with Crippen LogP contribution in [0.25, 0.3) is 0 Å². The fourth-order valence-electron chi connectivity index (χ4n) is 2.69. The highest BCUT2D eigenvalue weighted by molar-refractivity contribution is 7.87. The maximum Gasteiger partial charge on any atom is 0.279 e. The van der Waals surface area contributed by atoms with E-state index in [1.165, 1.54) is 0 Å². The van der Waals surface area contributed by atoms with Crippen molar-refractivity contribution in [2.45, 2.75) is 47.0 Å². The monoisotopic (exact) mass is 434 g/mol. The predicted octanol–water partition coefficient (Wildman–Crippen LogP) is 2.35. The molecule has 26 heavy (non-hydrogen) atoms. The van der Waals surface area contributed by atoms with Gasteiger partial charge in [0, 0.05) is 45.8 Å². The van der Waals surface area contributed by atoms with Gasteiger partial charge in [0.1, 0.15) is 0 Å². The third kappa shape index (κ3) is 12.7. The highest BCUT2D eigenvalue weighted by atomic mass is 35.5. The van der Waals surface area contributed by atoms with Crippen LogP contribution < -0.4 is 10.0 Å². The molecule has 1 aliphatic heterocycles. The average Bonchev–Trinajstić information content (AvgIpc) is 2.51. The van der Waals surface area contributed by atoms with Gasteiger partial charge in [-0.15, -0.1) is 24.8 Å². The Balaban J connectivity index is 0. The van der Waals surface area contributed by atoms with Crippen LogP contribution in [0.15, 0.2) is 0 Å². The summed E-state index contributed by atoms with van der Waals surface area (Å²) in [5.74, 6) is 1.02. The van der Waals surface area contributed by atoms with E-state index in [1.807, 2.05) is 0 Å². The van der Waals surface area contributed by atoms with E-state index in [0.717, 1.165) is 52.0 Å². The first-order valence-corrected chi connectivity index (χ1v) is 10.9. The highest BCUT2D eigenvalue weighted by Gasteiger charge is 2.21. The van der Waals surface area contributed by atoms with Crippen LogP contribution in [0.2, 0.25) is 0 Å². The smallest absolute Gasteiger partial charge is 0.279 e. The summed E-state index contributed by atoms with van der Waals surface area (Å²) >= 11 is 0. The van der Waals surface area contributed by atoms with Gasteiger partial charge in [-0.2, -0.15) is 12.7 Å². The molecule has 1 aliphatic rings. The second kappa shape index (κ2) is 15.3. The molecule has 2 N–H and O–H groups in total. The molecule has 0 bridgehead atoms. The molecule has 0 spiro atoms. The normalized spacial score (nSPS) is 16.0. The molecule has 0 aromatic rings. The van der Waals surface area contributed by atoms with E-state index < -0.39 is 10.2 Å². The molecule has 0 saturated carbocycles. The van der Waals surface area contributed by atoms with Crippen LogP contribution in [0.1, 0.15) is 47.0 Å². The Kier molecular flexibility index (Phi) is 16.8. The second-order valence-corrected chi connectivity index (χ2v) is 9.36. The summed E-state index contributed by atoms with van der Waals surface area (Å²) in [6.45, 7) is 15.4. The first kappa shape index (κ1) is 28.6. The summed E-state index contributed by atoms with van der Waals surface area (Å²) in [7, 11) is -3.36. The molecule has 0 unspecified atom stereocenters. The van der Waals surface area contributed by atoms with Crippen LogP contribution >= 0.6 is 24.8 Å². The zero-order chi connectivity index (χ0) is 18.0. The minimum atomic E-state index is -3.36. The molecule has 0 aliphatic carbocycles. The zero-order valence-corrected chi connectivity index (χ0v) is 19.3. The summed E-state index contributed by atoms with van der Waals surface area (Å²) < 4.78 is 29.6. The van der Waals surface area contributed by atoms with E-state index in [1.54, 1.807) is 4.31 Å². The van der Waals surface area contributed by atoms with Crippen LogP contribution in [-0.4, -0.2) is 70.0 Å². The van der Waals surface area contributed by atoms with Crippen LogP contribution in [0.4, 0.5) is 0 Å².